The molecular weight excluding hydrogens is 402 g/mol. The van der Waals surface area contributed by atoms with Gasteiger partial charge in [-0.15, -0.1) is 11.3 Å². The Kier molecular flexibility index (Phi) is 5.85. The number of rotatable bonds is 6. The molecule has 1 aliphatic heterocycles. The molecule has 0 aliphatic carbocycles. The average molecular weight is 430 g/mol. The van der Waals surface area contributed by atoms with Crippen LogP contribution in [-0.2, 0) is 11.2 Å². The number of aromatic nitrogens is 1. The number of anilines is 1. The van der Waals surface area contributed by atoms with Gasteiger partial charge in [-0.3, -0.25) is 4.79 Å². The lowest BCUT2D eigenvalue weighted by Crippen LogP contribution is -2.41. The van der Waals surface area contributed by atoms with Gasteiger partial charge in [-0.25, -0.2) is 4.98 Å². The molecule has 3 aromatic carbocycles. The lowest BCUT2D eigenvalue weighted by atomic mass is 9.94. The molecule has 0 bridgehead atoms. The van der Waals surface area contributed by atoms with Crippen LogP contribution >= 0.6 is 11.3 Å². The Balaban J connectivity index is 1.23. The van der Waals surface area contributed by atoms with E-state index in [0.717, 1.165) is 44.0 Å². The van der Waals surface area contributed by atoms with Crippen LogP contribution in [0.4, 0.5) is 5.13 Å². The number of fused-ring (bicyclic) bond motifs is 2. The van der Waals surface area contributed by atoms with E-state index in [0.29, 0.717) is 12.3 Å². The van der Waals surface area contributed by atoms with Gasteiger partial charge >= 0.3 is 0 Å². The van der Waals surface area contributed by atoms with Crippen LogP contribution in [0.1, 0.15) is 24.8 Å². The predicted octanol–water partition coefficient (Wildman–Crippen LogP) is 5.41. The van der Waals surface area contributed by atoms with E-state index in [1.807, 2.05) is 11.6 Å². The zero-order valence-electron chi connectivity index (χ0n) is 17.6. The molecule has 1 atom stereocenters. The molecule has 1 amide bonds. The summed E-state index contributed by atoms with van der Waals surface area (Å²) < 4.78 is 0. The molecule has 4 nitrogen and oxygen atoms in total. The summed E-state index contributed by atoms with van der Waals surface area (Å²) >= 11 is 1.69. The van der Waals surface area contributed by atoms with Crippen LogP contribution < -0.4 is 10.2 Å². The summed E-state index contributed by atoms with van der Waals surface area (Å²) in [6.07, 6.45) is 5.45. The summed E-state index contributed by atoms with van der Waals surface area (Å²) in [7, 11) is 0. The summed E-state index contributed by atoms with van der Waals surface area (Å²) in [5.41, 5.74) is 1.27. The zero-order chi connectivity index (χ0) is 21.0. The third-order valence-electron chi connectivity index (χ3n) is 6.28. The van der Waals surface area contributed by atoms with Crippen LogP contribution in [0.5, 0.6) is 0 Å². The average Bonchev–Trinajstić information content (AvgIpc) is 3.36. The largest absolute Gasteiger partial charge is 0.356 e. The molecule has 31 heavy (non-hydrogen) atoms. The van der Waals surface area contributed by atoms with E-state index in [1.165, 1.54) is 27.1 Å². The smallest absolute Gasteiger partial charge is 0.220 e. The molecule has 5 heteroatoms. The molecule has 1 unspecified atom stereocenters. The van der Waals surface area contributed by atoms with E-state index in [9.17, 15) is 4.79 Å². The molecule has 1 fully saturated rings. The molecule has 0 saturated carbocycles. The maximum atomic E-state index is 12.7. The highest BCUT2D eigenvalue weighted by molar-refractivity contribution is 7.13. The minimum atomic E-state index is 0.142. The third kappa shape index (κ3) is 4.42. The second-order valence-electron chi connectivity index (χ2n) is 8.37. The summed E-state index contributed by atoms with van der Waals surface area (Å²) in [5.74, 6) is 0.628. The zero-order valence-corrected chi connectivity index (χ0v) is 18.4. The van der Waals surface area contributed by atoms with Gasteiger partial charge in [0.15, 0.2) is 5.13 Å². The van der Waals surface area contributed by atoms with Crippen LogP contribution in [-0.4, -0.2) is 30.5 Å². The van der Waals surface area contributed by atoms with Crippen molar-refractivity contribution in [3.05, 3.63) is 71.7 Å². The number of carbonyl (C=O) groups excluding carboxylic acids is 1. The molecule has 1 aliphatic rings. The van der Waals surface area contributed by atoms with Crippen molar-refractivity contribution in [2.45, 2.75) is 25.7 Å². The molecule has 0 spiro atoms. The van der Waals surface area contributed by atoms with Crippen molar-refractivity contribution in [2.24, 2.45) is 5.92 Å². The molecule has 1 N–H and O–H groups in total. The number of thiazole rings is 1. The lowest BCUT2D eigenvalue weighted by Gasteiger charge is -2.32. The third-order valence-corrected chi connectivity index (χ3v) is 7.11. The first-order valence-electron chi connectivity index (χ1n) is 11.1. The number of benzene rings is 3. The van der Waals surface area contributed by atoms with E-state index in [-0.39, 0.29) is 5.91 Å². The molecule has 5 rings (SSSR count). The van der Waals surface area contributed by atoms with Crippen LogP contribution in [0, 0.1) is 5.92 Å². The van der Waals surface area contributed by atoms with Gasteiger partial charge < -0.3 is 10.2 Å². The SMILES string of the molecule is O=C(CCc1c2ccccc2cc2ccccc12)NCC1CCCN(c2nccs2)C1. The second-order valence-corrected chi connectivity index (χ2v) is 9.24. The van der Waals surface area contributed by atoms with Crippen molar-refractivity contribution in [3.8, 4) is 0 Å². The first-order valence-corrected chi connectivity index (χ1v) is 12.0. The van der Waals surface area contributed by atoms with Crippen molar-refractivity contribution in [1.82, 2.24) is 10.3 Å². The standard InChI is InChI=1S/C26H27N3OS/c30-25(28-17-19-6-5-14-29(18-19)26-27-13-15-31-26)12-11-24-22-9-3-1-7-20(22)16-21-8-2-4-10-23(21)24/h1-4,7-10,13,15-16,19H,5-6,11-12,14,17-18H2,(H,28,30). The second kappa shape index (κ2) is 9.06. The molecule has 158 valence electrons. The van der Waals surface area contributed by atoms with E-state index < -0.39 is 0 Å². The number of carbonyl (C=O) groups is 1. The molecule has 4 aromatic rings. The minimum absolute atomic E-state index is 0.142. The van der Waals surface area contributed by atoms with Crippen molar-refractivity contribution in [3.63, 3.8) is 0 Å². The van der Waals surface area contributed by atoms with Gasteiger partial charge in [-0.1, -0.05) is 48.5 Å². The van der Waals surface area contributed by atoms with Crippen LogP contribution in [0.15, 0.2) is 66.2 Å². The number of aryl methyl sites for hydroxylation is 1. The van der Waals surface area contributed by atoms with Gasteiger partial charge in [0.05, 0.1) is 0 Å². The van der Waals surface area contributed by atoms with Crippen LogP contribution in [0.2, 0.25) is 0 Å². The fourth-order valence-corrected chi connectivity index (χ4v) is 5.42. The van der Waals surface area contributed by atoms with Crippen molar-refractivity contribution < 1.29 is 4.79 Å². The highest BCUT2D eigenvalue weighted by Gasteiger charge is 2.22. The number of piperidine rings is 1. The predicted molar refractivity (Wildman–Crippen MR) is 130 cm³/mol. The Morgan fingerprint density at radius 2 is 1.84 bits per heavy atom. The Morgan fingerprint density at radius 3 is 2.55 bits per heavy atom. The van der Waals surface area contributed by atoms with Crippen LogP contribution in [0.3, 0.4) is 0 Å². The maximum absolute atomic E-state index is 12.7. The lowest BCUT2D eigenvalue weighted by molar-refractivity contribution is -0.121. The summed E-state index contributed by atoms with van der Waals surface area (Å²) in [4.78, 5) is 19.5. The van der Waals surface area contributed by atoms with Gasteiger partial charge in [0, 0.05) is 37.6 Å². The van der Waals surface area contributed by atoms with Crippen molar-refractivity contribution in [1.29, 1.82) is 0 Å². The van der Waals surface area contributed by atoms with Gasteiger partial charge in [-0.05, 0) is 58.4 Å². The summed E-state index contributed by atoms with van der Waals surface area (Å²) in [5, 5.41) is 11.3. The highest BCUT2D eigenvalue weighted by Crippen LogP contribution is 2.29. The highest BCUT2D eigenvalue weighted by atomic mass is 32.1. The Bertz CT molecular complexity index is 1130. The fourth-order valence-electron chi connectivity index (χ4n) is 4.74. The quantitative estimate of drug-likeness (QED) is 0.417. The fraction of sp³-hybridized carbons (Fsp3) is 0.308. The monoisotopic (exact) mass is 429 g/mol. The first-order chi connectivity index (χ1) is 15.3. The van der Waals surface area contributed by atoms with E-state index >= 15 is 0 Å². The Labute approximate surface area is 186 Å². The number of hydrogen-bond acceptors (Lipinski definition) is 4. The van der Waals surface area contributed by atoms with Gasteiger partial charge in [0.2, 0.25) is 5.91 Å². The van der Waals surface area contributed by atoms with Crippen molar-refractivity contribution >= 4 is 43.9 Å². The van der Waals surface area contributed by atoms with E-state index in [1.54, 1.807) is 11.3 Å². The molecule has 2 heterocycles. The topological polar surface area (TPSA) is 45.2 Å². The van der Waals surface area contributed by atoms with Gasteiger partial charge in [-0.2, -0.15) is 0 Å². The van der Waals surface area contributed by atoms with Crippen molar-refractivity contribution in [2.75, 3.05) is 24.5 Å². The number of nitrogens with zero attached hydrogens (tertiary/aromatic N) is 2. The number of nitrogens with one attached hydrogen (secondary N) is 1. The number of hydrogen-bond donors (Lipinski definition) is 1. The van der Waals surface area contributed by atoms with E-state index in [2.05, 4.69) is 69.8 Å². The van der Waals surface area contributed by atoms with E-state index in [4.69, 9.17) is 0 Å². The minimum Gasteiger partial charge on any atom is -0.356 e. The first kappa shape index (κ1) is 20.0. The molecule has 0 radical (unpaired) electrons. The molecule has 1 aromatic heterocycles. The number of amides is 1. The Morgan fingerprint density at radius 1 is 1.10 bits per heavy atom. The maximum Gasteiger partial charge on any atom is 0.220 e. The van der Waals surface area contributed by atoms with Gasteiger partial charge in [0.1, 0.15) is 0 Å². The Hall–Kier alpha value is -2.92. The molecule has 1 saturated heterocycles. The molecular formula is C26H27N3OS. The van der Waals surface area contributed by atoms with Crippen LogP contribution in [0.25, 0.3) is 21.5 Å². The summed E-state index contributed by atoms with van der Waals surface area (Å²) in [6.45, 7) is 2.78. The summed E-state index contributed by atoms with van der Waals surface area (Å²) in [6, 6.07) is 19.2. The normalized spacial score (nSPS) is 16.6. The van der Waals surface area contributed by atoms with Gasteiger partial charge in [0.25, 0.3) is 0 Å².